The van der Waals surface area contributed by atoms with Crippen LogP contribution < -0.4 is 4.90 Å². The van der Waals surface area contributed by atoms with E-state index < -0.39 is 0 Å². The zero-order valence-electron chi connectivity index (χ0n) is 12.1. The van der Waals surface area contributed by atoms with Gasteiger partial charge in [-0.05, 0) is 39.3 Å². The Kier molecular flexibility index (Phi) is 4.23. The lowest BCUT2D eigenvalue weighted by Gasteiger charge is -2.44. The first kappa shape index (κ1) is 13.3. The number of rotatable bonds is 3. The van der Waals surface area contributed by atoms with Crippen LogP contribution in [0.25, 0.3) is 0 Å². The van der Waals surface area contributed by atoms with Crippen LogP contribution in [-0.2, 0) is 0 Å². The molecule has 1 aliphatic heterocycles. The third kappa shape index (κ3) is 2.83. The second kappa shape index (κ2) is 5.70. The van der Waals surface area contributed by atoms with E-state index in [1.165, 1.54) is 12.1 Å². The summed E-state index contributed by atoms with van der Waals surface area (Å²) >= 11 is 0. The van der Waals surface area contributed by atoms with Crippen molar-refractivity contribution in [1.29, 1.82) is 0 Å². The Morgan fingerprint density at radius 3 is 2.78 bits per heavy atom. The fourth-order valence-electron chi connectivity index (χ4n) is 2.87. The molecule has 0 aliphatic carbocycles. The van der Waals surface area contributed by atoms with Crippen molar-refractivity contribution in [3.63, 3.8) is 0 Å². The van der Waals surface area contributed by atoms with E-state index in [2.05, 4.69) is 54.6 Å². The van der Waals surface area contributed by atoms with Gasteiger partial charge in [0.15, 0.2) is 0 Å². The van der Waals surface area contributed by atoms with Crippen molar-refractivity contribution in [2.45, 2.75) is 46.2 Å². The summed E-state index contributed by atoms with van der Waals surface area (Å²) in [5.74, 6) is 0. The monoisotopic (exact) mass is 247 g/mol. The average molecular weight is 247 g/mol. The van der Waals surface area contributed by atoms with Crippen LogP contribution in [0.15, 0.2) is 18.3 Å². The maximum absolute atomic E-state index is 4.28. The molecule has 18 heavy (non-hydrogen) atoms. The van der Waals surface area contributed by atoms with Crippen LogP contribution in [0, 0.1) is 6.92 Å². The number of anilines is 1. The molecule has 1 aromatic rings. The Hall–Kier alpha value is -1.09. The minimum atomic E-state index is 0.649. The van der Waals surface area contributed by atoms with E-state index in [0.717, 1.165) is 25.3 Å². The fourth-order valence-corrected chi connectivity index (χ4v) is 2.87. The molecule has 1 aromatic heterocycles. The smallest absolute Gasteiger partial charge is 0.0400 e. The summed E-state index contributed by atoms with van der Waals surface area (Å²) in [7, 11) is 0. The van der Waals surface area contributed by atoms with Gasteiger partial charge in [-0.3, -0.25) is 9.88 Å². The highest BCUT2D eigenvalue weighted by Crippen LogP contribution is 2.22. The zero-order valence-corrected chi connectivity index (χ0v) is 12.1. The van der Waals surface area contributed by atoms with Crippen molar-refractivity contribution in [1.82, 2.24) is 9.88 Å². The molecule has 0 saturated carbocycles. The van der Waals surface area contributed by atoms with Crippen LogP contribution in [-0.4, -0.2) is 41.6 Å². The molecule has 1 aliphatic rings. The van der Waals surface area contributed by atoms with E-state index >= 15 is 0 Å². The Labute approximate surface area is 111 Å². The van der Waals surface area contributed by atoms with Gasteiger partial charge in [0.05, 0.1) is 0 Å². The molecule has 2 rings (SSSR count). The van der Waals surface area contributed by atoms with E-state index in [4.69, 9.17) is 0 Å². The highest BCUT2D eigenvalue weighted by atomic mass is 15.3. The van der Waals surface area contributed by atoms with Crippen molar-refractivity contribution in [3.8, 4) is 0 Å². The summed E-state index contributed by atoms with van der Waals surface area (Å²) in [4.78, 5) is 9.41. The van der Waals surface area contributed by atoms with Crippen molar-refractivity contribution in [2.75, 3.05) is 24.5 Å². The first-order chi connectivity index (χ1) is 8.61. The molecule has 0 N–H and O–H groups in total. The van der Waals surface area contributed by atoms with E-state index in [1.807, 2.05) is 6.20 Å². The maximum Gasteiger partial charge on any atom is 0.0400 e. The van der Waals surface area contributed by atoms with E-state index in [1.54, 1.807) is 0 Å². The largest absolute Gasteiger partial charge is 0.369 e. The van der Waals surface area contributed by atoms with Crippen LogP contribution in [0.4, 0.5) is 5.69 Å². The highest BCUT2D eigenvalue weighted by molar-refractivity contribution is 5.47. The van der Waals surface area contributed by atoms with Crippen LogP contribution in [0.2, 0.25) is 0 Å². The molecule has 3 heteroatoms. The van der Waals surface area contributed by atoms with Gasteiger partial charge in [0.25, 0.3) is 0 Å². The molecular formula is C15H25N3. The van der Waals surface area contributed by atoms with Gasteiger partial charge in [0, 0.05) is 49.3 Å². The standard InChI is InChI=1S/C15H25N3/c1-5-14-11-17(8-9-18(14)12(2)3)15-6-7-16-13(4)10-15/h6-7,10,12,14H,5,8-9,11H2,1-4H3/t14-/m1/s1. The number of hydrogen-bond acceptors (Lipinski definition) is 3. The number of hydrogen-bond donors (Lipinski definition) is 0. The van der Waals surface area contributed by atoms with E-state index in [0.29, 0.717) is 12.1 Å². The maximum atomic E-state index is 4.28. The van der Waals surface area contributed by atoms with Gasteiger partial charge in [-0.25, -0.2) is 0 Å². The van der Waals surface area contributed by atoms with Crippen molar-refractivity contribution >= 4 is 5.69 Å². The number of piperazine rings is 1. The van der Waals surface area contributed by atoms with Crippen LogP contribution in [0.5, 0.6) is 0 Å². The lowest BCUT2D eigenvalue weighted by atomic mass is 10.1. The first-order valence-corrected chi connectivity index (χ1v) is 7.05. The predicted molar refractivity (Wildman–Crippen MR) is 77.1 cm³/mol. The summed E-state index contributed by atoms with van der Waals surface area (Å²) in [6.07, 6.45) is 3.14. The minimum absolute atomic E-state index is 0.649. The van der Waals surface area contributed by atoms with Crippen LogP contribution in [0.1, 0.15) is 32.9 Å². The molecule has 100 valence electrons. The van der Waals surface area contributed by atoms with Gasteiger partial charge >= 0.3 is 0 Å². The summed E-state index contributed by atoms with van der Waals surface area (Å²) in [6.45, 7) is 12.4. The molecule has 0 aromatic carbocycles. The number of aromatic nitrogens is 1. The summed E-state index contributed by atoms with van der Waals surface area (Å²) in [5, 5.41) is 0. The molecule has 0 spiro atoms. The molecule has 0 radical (unpaired) electrons. The number of nitrogens with zero attached hydrogens (tertiary/aromatic N) is 3. The molecule has 3 nitrogen and oxygen atoms in total. The molecule has 0 unspecified atom stereocenters. The Morgan fingerprint density at radius 1 is 1.39 bits per heavy atom. The van der Waals surface area contributed by atoms with Gasteiger partial charge in [-0.2, -0.15) is 0 Å². The zero-order chi connectivity index (χ0) is 13.1. The quantitative estimate of drug-likeness (QED) is 0.818. The van der Waals surface area contributed by atoms with Crippen molar-refractivity contribution < 1.29 is 0 Å². The Morgan fingerprint density at radius 2 is 2.17 bits per heavy atom. The minimum Gasteiger partial charge on any atom is -0.369 e. The molecular weight excluding hydrogens is 222 g/mol. The van der Waals surface area contributed by atoms with Gasteiger partial charge in [0.2, 0.25) is 0 Å². The second-order valence-electron chi connectivity index (χ2n) is 5.50. The molecule has 1 fully saturated rings. The van der Waals surface area contributed by atoms with Crippen molar-refractivity contribution in [2.24, 2.45) is 0 Å². The van der Waals surface area contributed by atoms with Crippen LogP contribution in [0.3, 0.4) is 0 Å². The van der Waals surface area contributed by atoms with E-state index in [-0.39, 0.29) is 0 Å². The average Bonchev–Trinajstić information content (AvgIpc) is 2.37. The van der Waals surface area contributed by atoms with Gasteiger partial charge in [-0.15, -0.1) is 0 Å². The third-order valence-electron chi connectivity index (χ3n) is 3.91. The predicted octanol–water partition coefficient (Wildman–Crippen LogP) is 2.70. The third-order valence-corrected chi connectivity index (χ3v) is 3.91. The van der Waals surface area contributed by atoms with Gasteiger partial charge in [-0.1, -0.05) is 6.92 Å². The fraction of sp³-hybridized carbons (Fsp3) is 0.667. The lowest BCUT2D eigenvalue weighted by Crippen LogP contribution is -2.55. The Bertz CT molecular complexity index is 389. The van der Waals surface area contributed by atoms with Crippen LogP contribution >= 0.6 is 0 Å². The number of pyridine rings is 1. The van der Waals surface area contributed by atoms with E-state index in [9.17, 15) is 0 Å². The molecule has 0 amide bonds. The molecule has 1 saturated heterocycles. The summed E-state index contributed by atoms with van der Waals surface area (Å²) < 4.78 is 0. The highest BCUT2D eigenvalue weighted by Gasteiger charge is 2.27. The number of aryl methyl sites for hydroxylation is 1. The molecule has 1 atom stereocenters. The SMILES string of the molecule is CC[C@@H]1CN(c2ccnc(C)c2)CCN1C(C)C. The topological polar surface area (TPSA) is 19.4 Å². The summed E-state index contributed by atoms with van der Waals surface area (Å²) in [5.41, 5.74) is 2.43. The molecule has 2 heterocycles. The first-order valence-electron chi connectivity index (χ1n) is 7.05. The summed E-state index contributed by atoms with van der Waals surface area (Å²) in [6, 6.07) is 5.64. The van der Waals surface area contributed by atoms with Crippen molar-refractivity contribution in [3.05, 3.63) is 24.0 Å². The second-order valence-corrected chi connectivity index (χ2v) is 5.50. The Balaban J connectivity index is 2.10. The molecule has 0 bridgehead atoms. The normalized spacial score (nSPS) is 21.6. The van der Waals surface area contributed by atoms with Gasteiger partial charge in [0.1, 0.15) is 0 Å². The van der Waals surface area contributed by atoms with Gasteiger partial charge < -0.3 is 4.90 Å². The lowest BCUT2D eigenvalue weighted by molar-refractivity contribution is 0.133.